The van der Waals surface area contributed by atoms with Crippen LogP contribution in [0.2, 0.25) is 0 Å². The molecule has 21 heavy (non-hydrogen) atoms. The monoisotopic (exact) mass is 308 g/mol. The van der Waals surface area contributed by atoms with Crippen molar-refractivity contribution in [1.82, 2.24) is 0 Å². The van der Waals surface area contributed by atoms with Crippen LogP contribution < -0.4 is 0 Å². The number of aliphatic hydroxyl groups is 2. The Morgan fingerprint density at radius 2 is 1.10 bits per heavy atom. The van der Waals surface area contributed by atoms with Gasteiger partial charge in [0.2, 0.25) is 0 Å². The average Bonchev–Trinajstić information content (AvgIpc) is 2.48. The van der Waals surface area contributed by atoms with Crippen LogP contribution in [0.1, 0.15) is 53.4 Å². The fraction of sp³-hybridized carbons (Fsp3) is 0.750. The molecular formula is C16H36O5. The Labute approximate surface area is 131 Å². The smallest absolute Gasteiger partial charge is 0.0853 e. The van der Waals surface area contributed by atoms with Crippen LogP contribution in [0, 0.1) is 0 Å². The molecular weight excluding hydrogens is 272 g/mol. The van der Waals surface area contributed by atoms with Crippen LogP contribution >= 0.6 is 0 Å². The van der Waals surface area contributed by atoms with Crippen LogP contribution in [0.4, 0.5) is 0 Å². The third-order valence-electron chi connectivity index (χ3n) is 1.36. The predicted molar refractivity (Wildman–Crippen MR) is 88.7 cm³/mol. The normalized spacial score (nSPS) is 8.10. The summed E-state index contributed by atoms with van der Waals surface area (Å²) in [5.41, 5.74) is 0. The van der Waals surface area contributed by atoms with Gasteiger partial charge in [0.25, 0.3) is 0 Å². The lowest BCUT2D eigenvalue weighted by molar-refractivity contribution is -0.512. The van der Waals surface area contributed by atoms with E-state index in [2.05, 4.69) is 32.0 Å². The number of allylic oxidation sites excluding steroid dienone is 2. The van der Waals surface area contributed by atoms with Crippen LogP contribution in [0.5, 0.6) is 0 Å². The highest BCUT2D eigenvalue weighted by Crippen LogP contribution is 1.92. The molecule has 0 aliphatic carbocycles. The van der Waals surface area contributed by atoms with Gasteiger partial charge >= 0.3 is 0 Å². The molecule has 5 nitrogen and oxygen atoms in total. The summed E-state index contributed by atoms with van der Waals surface area (Å²) in [5, 5.41) is 19.7. The van der Waals surface area contributed by atoms with E-state index in [1.807, 2.05) is 13.8 Å². The summed E-state index contributed by atoms with van der Waals surface area (Å²) in [5.74, 6) is 0. The maximum absolute atomic E-state index is 7.62. The van der Waals surface area contributed by atoms with Gasteiger partial charge in [-0.1, -0.05) is 43.9 Å². The maximum atomic E-state index is 7.62. The molecule has 0 bridgehead atoms. The van der Waals surface area contributed by atoms with Crippen molar-refractivity contribution in [3.05, 3.63) is 25.3 Å². The Hall–Kier alpha value is -0.720. The SMILES string of the molecule is C=CC.C=CC.CCCCOOOCCCC.OCCO. The van der Waals surface area contributed by atoms with E-state index in [-0.39, 0.29) is 13.2 Å². The zero-order valence-electron chi connectivity index (χ0n) is 14.3. The summed E-state index contributed by atoms with van der Waals surface area (Å²) in [6.07, 6.45) is 7.74. The lowest BCUT2D eigenvalue weighted by Gasteiger charge is -2.00. The fourth-order valence-corrected chi connectivity index (χ4v) is 0.509. The second-order valence-electron chi connectivity index (χ2n) is 3.68. The Morgan fingerprint density at radius 1 is 0.810 bits per heavy atom. The van der Waals surface area contributed by atoms with E-state index in [1.165, 1.54) is 0 Å². The number of hydrogen-bond donors (Lipinski definition) is 2. The van der Waals surface area contributed by atoms with Crippen molar-refractivity contribution < 1.29 is 25.0 Å². The quantitative estimate of drug-likeness (QED) is 0.293. The van der Waals surface area contributed by atoms with E-state index in [1.54, 1.807) is 12.2 Å². The number of aliphatic hydroxyl groups excluding tert-OH is 2. The molecule has 0 aromatic rings. The summed E-state index contributed by atoms with van der Waals surface area (Å²) in [6.45, 7) is 15.7. The van der Waals surface area contributed by atoms with Gasteiger partial charge in [0.05, 0.1) is 26.4 Å². The lowest BCUT2D eigenvalue weighted by Crippen LogP contribution is -1.99. The highest BCUT2D eigenvalue weighted by molar-refractivity contribution is 4.52. The largest absolute Gasteiger partial charge is 0.394 e. The Balaban J connectivity index is -0.000000119. The zero-order chi connectivity index (χ0) is 17.2. The zero-order valence-corrected chi connectivity index (χ0v) is 14.3. The molecule has 2 N–H and O–H groups in total. The van der Waals surface area contributed by atoms with E-state index in [0.717, 1.165) is 25.7 Å². The summed E-state index contributed by atoms with van der Waals surface area (Å²) in [7, 11) is 0. The highest BCUT2D eigenvalue weighted by Gasteiger charge is 1.88. The van der Waals surface area contributed by atoms with Crippen molar-refractivity contribution in [3.8, 4) is 0 Å². The maximum Gasteiger partial charge on any atom is 0.0853 e. The average molecular weight is 308 g/mol. The van der Waals surface area contributed by atoms with Gasteiger partial charge in [-0.3, -0.25) is 0 Å². The first kappa shape index (κ1) is 28.4. The fourth-order valence-electron chi connectivity index (χ4n) is 0.509. The van der Waals surface area contributed by atoms with Gasteiger partial charge in [-0.05, 0) is 26.7 Å². The van der Waals surface area contributed by atoms with Gasteiger partial charge in [0.1, 0.15) is 0 Å². The van der Waals surface area contributed by atoms with Gasteiger partial charge in [-0.2, -0.15) is 0 Å². The first-order valence-electron chi connectivity index (χ1n) is 7.43. The Bertz CT molecular complexity index is 136. The van der Waals surface area contributed by atoms with Crippen LogP contribution in [0.15, 0.2) is 25.3 Å². The molecule has 0 atom stereocenters. The van der Waals surface area contributed by atoms with E-state index in [4.69, 9.17) is 20.0 Å². The van der Waals surface area contributed by atoms with E-state index < -0.39 is 0 Å². The van der Waals surface area contributed by atoms with Crippen LogP contribution in [0.3, 0.4) is 0 Å². The van der Waals surface area contributed by atoms with Gasteiger partial charge in [-0.25, -0.2) is 9.78 Å². The van der Waals surface area contributed by atoms with E-state index in [0.29, 0.717) is 13.2 Å². The summed E-state index contributed by atoms with van der Waals surface area (Å²) in [6, 6.07) is 0. The molecule has 0 spiro atoms. The van der Waals surface area contributed by atoms with Gasteiger partial charge in [0.15, 0.2) is 0 Å². The molecule has 0 aromatic carbocycles. The number of rotatable bonds is 9. The molecule has 130 valence electrons. The molecule has 0 heterocycles. The first-order chi connectivity index (χ1) is 10.2. The summed E-state index contributed by atoms with van der Waals surface area (Å²) >= 11 is 0. The van der Waals surface area contributed by atoms with Crippen molar-refractivity contribution in [1.29, 1.82) is 0 Å². The van der Waals surface area contributed by atoms with Gasteiger partial charge < -0.3 is 10.2 Å². The summed E-state index contributed by atoms with van der Waals surface area (Å²) < 4.78 is 0. The van der Waals surface area contributed by atoms with Gasteiger partial charge in [-0.15, -0.1) is 13.2 Å². The third-order valence-corrected chi connectivity index (χ3v) is 1.36. The Kier molecular flexibility index (Phi) is 57.9. The molecule has 0 aliphatic heterocycles. The van der Waals surface area contributed by atoms with Crippen molar-refractivity contribution in [2.24, 2.45) is 0 Å². The van der Waals surface area contributed by atoms with Crippen molar-refractivity contribution >= 4 is 0 Å². The number of hydrogen-bond acceptors (Lipinski definition) is 5. The minimum Gasteiger partial charge on any atom is -0.394 e. The van der Waals surface area contributed by atoms with Gasteiger partial charge in [0, 0.05) is 0 Å². The standard InChI is InChI=1S/C8H18O3.2C3H6.C2H6O2/c1-3-5-7-9-11-10-8-6-4-2;2*1-3-2;3-1-2-4/h3-8H2,1-2H3;2*3H,1H2,2H3;3-4H,1-2H2. The second kappa shape index (κ2) is 42.7. The highest BCUT2D eigenvalue weighted by atomic mass is 17.5. The van der Waals surface area contributed by atoms with Crippen molar-refractivity contribution in [2.75, 3.05) is 26.4 Å². The second-order valence-corrected chi connectivity index (χ2v) is 3.68. The molecule has 5 heteroatoms. The third kappa shape index (κ3) is 84.0. The molecule has 0 radical (unpaired) electrons. The minimum atomic E-state index is -0.125. The molecule has 0 aliphatic rings. The topological polar surface area (TPSA) is 68.2 Å². The molecule has 0 saturated heterocycles. The van der Waals surface area contributed by atoms with E-state index in [9.17, 15) is 0 Å². The molecule has 0 amide bonds. The molecule has 0 fully saturated rings. The van der Waals surface area contributed by atoms with Crippen LogP contribution in [-0.2, 0) is 14.8 Å². The first-order valence-corrected chi connectivity index (χ1v) is 7.43. The van der Waals surface area contributed by atoms with Crippen LogP contribution in [0.25, 0.3) is 0 Å². The van der Waals surface area contributed by atoms with Crippen molar-refractivity contribution in [2.45, 2.75) is 53.4 Å². The molecule has 0 aromatic heterocycles. The van der Waals surface area contributed by atoms with E-state index >= 15 is 0 Å². The molecule has 0 saturated carbocycles. The number of unbranched alkanes of at least 4 members (excludes halogenated alkanes) is 2. The molecule has 0 unspecified atom stereocenters. The predicted octanol–water partition coefficient (Wildman–Crippen LogP) is 3.82. The summed E-state index contributed by atoms with van der Waals surface area (Å²) in [4.78, 5) is 9.40. The molecule has 0 rings (SSSR count). The Morgan fingerprint density at radius 3 is 1.29 bits per heavy atom. The van der Waals surface area contributed by atoms with Crippen molar-refractivity contribution in [3.63, 3.8) is 0 Å². The minimum absolute atomic E-state index is 0.125. The lowest BCUT2D eigenvalue weighted by atomic mass is 10.4. The van der Waals surface area contributed by atoms with Crippen LogP contribution in [-0.4, -0.2) is 36.6 Å².